The highest BCUT2D eigenvalue weighted by atomic mass is 32.2. The van der Waals surface area contributed by atoms with Gasteiger partial charge in [0.25, 0.3) is 0 Å². The molecule has 2 heterocycles. The number of nitrogens with zero attached hydrogens (tertiary/aromatic N) is 4. The Morgan fingerprint density at radius 2 is 1.86 bits per heavy atom. The van der Waals surface area contributed by atoms with E-state index in [1.807, 2.05) is 48.5 Å². The molecule has 0 atom stereocenters. The number of ether oxygens (including phenoxy) is 1. The third-order valence-electron chi connectivity index (χ3n) is 4.18. The van der Waals surface area contributed by atoms with Gasteiger partial charge in [-0.2, -0.15) is 5.10 Å². The van der Waals surface area contributed by atoms with E-state index in [2.05, 4.69) is 15.1 Å². The van der Waals surface area contributed by atoms with Crippen LogP contribution in [0.2, 0.25) is 0 Å². The molecule has 0 bridgehead atoms. The van der Waals surface area contributed by atoms with E-state index >= 15 is 0 Å². The SMILES string of the molecule is CC(=O)c1ccccc1OCCSc1ncnc2c1cnn2-c1ccccc1. The van der Waals surface area contributed by atoms with Crippen molar-refractivity contribution < 1.29 is 9.53 Å². The number of benzene rings is 2. The maximum absolute atomic E-state index is 11.7. The average molecular weight is 390 g/mol. The summed E-state index contributed by atoms with van der Waals surface area (Å²) in [5.41, 5.74) is 2.32. The zero-order valence-corrected chi connectivity index (χ0v) is 16.1. The number of Topliss-reactive ketones (excluding diaryl/α,β-unsaturated/α-hetero) is 1. The zero-order valence-electron chi connectivity index (χ0n) is 15.3. The largest absolute Gasteiger partial charge is 0.492 e. The van der Waals surface area contributed by atoms with Crippen molar-refractivity contribution in [2.45, 2.75) is 11.9 Å². The monoisotopic (exact) mass is 390 g/mol. The molecule has 0 saturated carbocycles. The van der Waals surface area contributed by atoms with Gasteiger partial charge in [-0.1, -0.05) is 30.3 Å². The Morgan fingerprint density at radius 3 is 2.68 bits per heavy atom. The number of carbonyl (C=O) groups is 1. The molecule has 4 aromatic rings. The first-order valence-corrected chi connectivity index (χ1v) is 9.82. The quantitative estimate of drug-likeness (QED) is 0.204. The summed E-state index contributed by atoms with van der Waals surface area (Å²) >= 11 is 1.58. The number of ketones is 1. The molecule has 28 heavy (non-hydrogen) atoms. The van der Waals surface area contributed by atoms with E-state index in [0.717, 1.165) is 21.7 Å². The Morgan fingerprint density at radius 1 is 1.07 bits per heavy atom. The van der Waals surface area contributed by atoms with Crippen LogP contribution >= 0.6 is 11.8 Å². The number of fused-ring (bicyclic) bond motifs is 1. The van der Waals surface area contributed by atoms with Crippen LogP contribution in [0.3, 0.4) is 0 Å². The summed E-state index contributed by atoms with van der Waals surface area (Å²) in [6.45, 7) is 2.01. The first kappa shape index (κ1) is 18.2. The van der Waals surface area contributed by atoms with Crippen molar-refractivity contribution in [3.8, 4) is 11.4 Å². The van der Waals surface area contributed by atoms with Gasteiger partial charge in [-0.15, -0.1) is 11.8 Å². The maximum atomic E-state index is 11.7. The van der Waals surface area contributed by atoms with Crippen LogP contribution < -0.4 is 4.74 Å². The summed E-state index contributed by atoms with van der Waals surface area (Å²) < 4.78 is 7.61. The number of para-hydroxylation sites is 2. The summed E-state index contributed by atoms with van der Waals surface area (Å²) in [4.78, 5) is 20.5. The molecule has 0 amide bonds. The van der Waals surface area contributed by atoms with Gasteiger partial charge in [-0.05, 0) is 31.2 Å². The Hall–Kier alpha value is -3.19. The number of thioether (sulfide) groups is 1. The average Bonchev–Trinajstić information content (AvgIpc) is 3.17. The number of aromatic nitrogens is 4. The predicted octanol–water partition coefficient (Wildman–Crippen LogP) is 4.19. The Labute approximate surface area is 166 Å². The molecule has 0 unspecified atom stereocenters. The van der Waals surface area contributed by atoms with Gasteiger partial charge < -0.3 is 4.74 Å². The summed E-state index contributed by atoms with van der Waals surface area (Å²) in [5.74, 6) is 1.30. The van der Waals surface area contributed by atoms with Crippen LogP contribution in [0.1, 0.15) is 17.3 Å². The highest BCUT2D eigenvalue weighted by Crippen LogP contribution is 2.26. The van der Waals surface area contributed by atoms with E-state index in [9.17, 15) is 4.79 Å². The smallest absolute Gasteiger partial charge is 0.167 e. The Balaban J connectivity index is 1.46. The fourth-order valence-electron chi connectivity index (χ4n) is 2.87. The topological polar surface area (TPSA) is 69.9 Å². The molecule has 4 rings (SSSR count). The molecule has 6 nitrogen and oxygen atoms in total. The Kier molecular flexibility index (Phi) is 5.34. The fourth-order valence-corrected chi connectivity index (χ4v) is 3.65. The van der Waals surface area contributed by atoms with Gasteiger partial charge in [0.1, 0.15) is 17.1 Å². The minimum Gasteiger partial charge on any atom is -0.492 e. The van der Waals surface area contributed by atoms with Crippen LogP contribution in [0.5, 0.6) is 5.75 Å². The summed E-state index contributed by atoms with van der Waals surface area (Å²) in [7, 11) is 0. The van der Waals surface area contributed by atoms with Gasteiger partial charge in [0.2, 0.25) is 0 Å². The van der Waals surface area contributed by atoms with Crippen molar-refractivity contribution in [1.82, 2.24) is 19.7 Å². The summed E-state index contributed by atoms with van der Waals surface area (Å²) in [5, 5.41) is 6.23. The molecule has 0 aliphatic carbocycles. The van der Waals surface area contributed by atoms with Crippen LogP contribution in [0.15, 0.2) is 72.1 Å². The van der Waals surface area contributed by atoms with Crippen molar-refractivity contribution in [2.75, 3.05) is 12.4 Å². The predicted molar refractivity (Wildman–Crippen MR) is 109 cm³/mol. The van der Waals surface area contributed by atoms with Gasteiger partial charge in [0.15, 0.2) is 11.4 Å². The van der Waals surface area contributed by atoms with Crippen molar-refractivity contribution >= 4 is 28.6 Å². The van der Waals surface area contributed by atoms with E-state index in [-0.39, 0.29) is 5.78 Å². The lowest BCUT2D eigenvalue weighted by Crippen LogP contribution is -2.05. The van der Waals surface area contributed by atoms with Crippen molar-refractivity contribution in [2.24, 2.45) is 0 Å². The van der Waals surface area contributed by atoms with E-state index in [4.69, 9.17) is 4.74 Å². The molecule has 7 heteroatoms. The minimum atomic E-state index is -0.00547. The van der Waals surface area contributed by atoms with Gasteiger partial charge in [-0.25, -0.2) is 14.6 Å². The minimum absolute atomic E-state index is 0.00547. The van der Waals surface area contributed by atoms with Crippen LogP contribution in [0.25, 0.3) is 16.7 Å². The normalized spacial score (nSPS) is 10.9. The molecule has 0 N–H and O–H groups in total. The molecule has 0 aliphatic rings. The third-order valence-corrected chi connectivity index (χ3v) is 5.15. The molecular formula is C21H18N4O2S. The number of hydrogen-bond acceptors (Lipinski definition) is 6. The highest BCUT2D eigenvalue weighted by Gasteiger charge is 2.12. The van der Waals surface area contributed by atoms with Gasteiger partial charge in [0.05, 0.1) is 29.4 Å². The summed E-state index contributed by atoms with van der Waals surface area (Å²) in [6, 6.07) is 17.2. The van der Waals surface area contributed by atoms with Crippen molar-refractivity contribution in [3.05, 3.63) is 72.7 Å². The molecule has 0 aliphatic heterocycles. The second kappa shape index (κ2) is 8.22. The van der Waals surface area contributed by atoms with E-state index in [1.54, 1.807) is 42.0 Å². The first-order valence-electron chi connectivity index (χ1n) is 8.84. The van der Waals surface area contributed by atoms with Crippen molar-refractivity contribution in [1.29, 1.82) is 0 Å². The van der Waals surface area contributed by atoms with Gasteiger partial charge in [-0.3, -0.25) is 4.79 Å². The number of rotatable bonds is 7. The molecule has 0 spiro atoms. The molecule has 0 fully saturated rings. The van der Waals surface area contributed by atoms with E-state index in [1.165, 1.54) is 0 Å². The molecule has 140 valence electrons. The standard InChI is InChI=1S/C21H18N4O2S/c1-15(26)17-9-5-6-10-19(17)27-11-12-28-21-18-13-24-25(20(18)22-14-23-21)16-7-3-2-4-8-16/h2-10,13-14H,11-12H2,1H3. The zero-order chi connectivity index (χ0) is 19.3. The van der Waals surface area contributed by atoms with Crippen LogP contribution in [-0.2, 0) is 0 Å². The Bertz CT molecular complexity index is 1110. The molecule has 0 radical (unpaired) electrons. The lowest BCUT2D eigenvalue weighted by molar-refractivity contribution is 0.101. The van der Waals surface area contributed by atoms with E-state index in [0.29, 0.717) is 23.7 Å². The second-order valence-corrected chi connectivity index (χ2v) is 7.14. The van der Waals surface area contributed by atoms with Gasteiger partial charge >= 0.3 is 0 Å². The molecule has 0 saturated heterocycles. The lowest BCUT2D eigenvalue weighted by Gasteiger charge is -2.09. The van der Waals surface area contributed by atoms with Crippen LogP contribution in [-0.4, -0.2) is 37.9 Å². The maximum Gasteiger partial charge on any atom is 0.167 e. The van der Waals surface area contributed by atoms with Crippen molar-refractivity contribution in [3.63, 3.8) is 0 Å². The van der Waals surface area contributed by atoms with Crippen LogP contribution in [0, 0.1) is 0 Å². The molecule has 2 aromatic heterocycles. The summed E-state index contributed by atoms with van der Waals surface area (Å²) in [6.07, 6.45) is 3.34. The molecule has 2 aromatic carbocycles. The molecular weight excluding hydrogens is 372 g/mol. The van der Waals surface area contributed by atoms with Gasteiger partial charge in [0, 0.05) is 5.75 Å². The lowest BCUT2D eigenvalue weighted by atomic mass is 10.1. The van der Waals surface area contributed by atoms with E-state index < -0.39 is 0 Å². The third kappa shape index (κ3) is 3.75. The highest BCUT2D eigenvalue weighted by molar-refractivity contribution is 7.99. The first-order chi connectivity index (χ1) is 13.7. The van der Waals surface area contributed by atoms with Crippen LogP contribution in [0.4, 0.5) is 0 Å². The number of carbonyl (C=O) groups excluding carboxylic acids is 1. The second-order valence-electron chi connectivity index (χ2n) is 6.06. The fraction of sp³-hybridized carbons (Fsp3) is 0.143. The number of hydrogen-bond donors (Lipinski definition) is 0.